The first-order chi connectivity index (χ1) is 19.8. The average molecular weight is 688 g/mol. The van der Waals surface area contributed by atoms with Crippen LogP contribution in [0.3, 0.4) is 0 Å². The molecule has 43 heavy (non-hydrogen) atoms. The van der Waals surface area contributed by atoms with Crippen molar-refractivity contribution >= 4 is 50.5 Å². The quantitative estimate of drug-likeness (QED) is 0.212. The summed E-state index contributed by atoms with van der Waals surface area (Å²) < 4.78 is 83.4. The second-order valence-corrected chi connectivity index (χ2v) is 14.3. The standard InChI is InChI=1S/C26H31Cl2F3N4O6S2/c1-8-16(26(29,30)31)35-43(37,38)15-10-9-13(18(27)19(15)28)20-14(11-25(4,5)40-7)32-22(42-20)21-34-33-17(41-21)12-24(2,3)23(36)39-6/h9-10,16,35H,8,11-12H2,1-7H3/t16-/m0/s1. The fraction of sp³-hybridized carbons (Fsp3) is 0.538. The Morgan fingerprint density at radius 1 is 1.09 bits per heavy atom. The minimum atomic E-state index is -4.80. The molecule has 0 unspecified atom stereocenters. The maximum Gasteiger partial charge on any atom is 0.404 e. The molecule has 0 saturated carbocycles. The molecule has 2 heterocycles. The number of alkyl halides is 3. The zero-order valence-corrected chi connectivity index (χ0v) is 27.5. The highest BCUT2D eigenvalue weighted by molar-refractivity contribution is 7.89. The van der Waals surface area contributed by atoms with E-state index in [4.69, 9.17) is 37.1 Å². The molecule has 3 aromatic rings. The lowest BCUT2D eigenvalue weighted by atomic mass is 9.89. The summed E-state index contributed by atoms with van der Waals surface area (Å²) >= 11 is 14.0. The smallest absolute Gasteiger partial charge is 0.404 e. The number of hydrogen-bond donors (Lipinski definition) is 1. The fourth-order valence-electron chi connectivity index (χ4n) is 3.93. The van der Waals surface area contributed by atoms with Crippen LogP contribution in [0.25, 0.3) is 21.3 Å². The van der Waals surface area contributed by atoms with Crippen LogP contribution in [0.4, 0.5) is 13.2 Å². The molecule has 3 rings (SSSR count). The number of carbonyl (C=O) groups excluding carboxylic acids is 1. The third-order valence-corrected chi connectivity index (χ3v) is 10.1. The Morgan fingerprint density at radius 2 is 1.74 bits per heavy atom. The van der Waals surface area contributed by atoms with Gasteiger partial charge in [0.25, 0.3) is 5.89 Å². The van der Waals surface area contributed by atoms with Gasteiger partial charge in [-0.3, -0.25) is 4.79 Å². The van der Waals surface area contributed by atoms with Gasteiger partial charge >= 0.3 is 12.1 Å². The number of thiazole rings is 1. The van der Waals surface area contributed by atoms with Crippen LogP contribution in [0.2, 0.25) is 10.0 Å². The molecular formula is C26H31Cl2F3N4O6S2. The Kier molecular flexibility index (Phi) is 10.6. The molecule has 2 aromatic heterocycles. The van der Waals surface area contributed by atoms with Gasteiger partial charge in [0.1, 0.15) is 10.9 Å². The van der Waals surface area contributed by atoms with E-state index < -0.39 is 55.6 Å². The number of nitrogens with zero attached hydrogens (tertiary/aromatic N) is 3. The first-order valence-electron chi connectivity index (χ1n) is 12.8. The van der Waals surface area contributed by atoms with Gasteiger partial charge in [-0.25, -0.2) is 13.4 Å². The van der Waals surface area contributed by atoms with Crippen molar-refractivity contribution in [3.05, 3.63) is 33.8 Å². The van der Waals surface area contributed by atoms with E-state index in [-0.39, 0.29) is 35.2 Å². The van der Waals surface area contributed by atoms with Crippen LogP contribution in [0.1, 0.15) is 52.6 Å². The van der Waals surface area contributed by atoms with E-state index in [1.54, 1.807) is 18.6 Å². The molecule has 238 valence electrons. The zero-order chi connectivity index (χ0) is 32.5. The van der Waals surface area contributed by atoms with Crippen molar-refractivity contribution in [3.63, 3.8) is 0 Å². The van der Waals surface area contributed by atoms with Gasteiger partial charge in [0.2, 0.25) is 15.9 Å². The van der Waals surface area contributed by atoms with Gasteiger partial charge < -0.3 is 13.9 Å². The van der Waals surface area contributed by atoms with E-state index >= 15 is 0 Å². The van der Waals surface area contributed by atoms with E-state index in [9.17, 15) is 26.4 Å². The third-order valence-electron chi connectivity index (χ3n) is 6.51. The summed E-state index contributed by atoms with van der Waals surface area (Å²) in [5, 5.41) is 7.74. The molecule has 1 atom stereocenters. The van der Waals surface area contributed by atoms with Crippen LogP contribution in [0.15, 0.2) is 21.4 Å². The zero-order valence-electron chi connectivity index (χ0n) is 24.4. The molecule has 10 nitrogen and oxygen atoms in total. The molecule has 1 N–H and O–H groups in total. The fourth-order valence-corrected chi connectivity index (χ4v) is 7.20. The number of aromatic nitrogens is 3. The highest BCUT2D eigenvalue weighted by atomic mass is 35.5. The van der Waals surface area contributed by atoms with Crippen molar-refractivity contribution in [3.8, 4) is 21.3 Å². The molecule has 17 heteroatoms. The maximum atomic E-state index is 13.3. The highest BCUT2D eigenvalue weighted by Gasteiger charge is 2.41. The van der Waals surface area contributed by atoms with Crippen LogP contribution >= 0.6 is 34.5 Å². The second kappa shape index (κ2) is 13.0. The number of sulfonamides is 1. The first-order valence-corrected chi connectivity index (χ1v) is 15.8. The summed E-state index contributed by atoms with van der Waals surface area (Å²) in [7, 11) is -1.88. The molecule has 0 spiro atoms. The van der Waals surface area contributed by atoms with Crippen molar-refractivity contribution < 1.29 is 40.3 Å². The van der Waals surface area contributed by atoms with Gasteiger partial charge in [0.15, 0.2) is 5.01 Å². The van der Waals surface area contributed by atoms with Gasteiger partial charge in [-0.1, -0.05) is 36.2 Å². The van der Waals surface area contributed by atoms with Crippen molar-refractivity contribution in [2.45, 2.75) is 76.6 Å². The highest BCUT2D eigenvalue weighted by Crippen LogP contribution is 2.44. The number of ether oxygens (including phenoxy) is 2. The monoisotopic (exact) mass is 686 g/mol. The molecule has 0 aliphatic heterocycles. The molecule has 0 fully saturated rings. The van der Waals surface area contributed by atoms with Crippen LogP contribution in [0, 0.1) is 5.41 Å². The van der Waals surface area contributed by atoms with Crippen LogP contribution in [-0.4, -0.2) is 61.6 Å². The Bertz CT molecular complexity index is 1590. The topological polar surface area (TPSA) is 134 Å². The lowest BCUT2D eigenvalue weighted by molar-refractivity contribution is -0.152. The molecule has 0 bridgehead atoms. The van der Waals surface area contributed by atoms with Crippen LogP contribution in [0.5, 0.6) is 0 Å². The minimum Gasteiger partial charge on any atom is -0.469 e. The summed E-state index contributed by atoms with van der Waals surface area (Å²) in [4.78, 5) is 16.6. The van der Waals surface area contributed by atoms with E-state index in [2.05, 4.69) is 15.2 Å². The summed E-state index contributed by atoms with van der Waals surface area (Å²) in [6.45, 7) is 8.21. The van der Waals surface area contributed by atoms with E-state index in [1.165, 1.54) is 27.2 Å². The normalized spacial score (nSPS) is 13.8. The molecule has 0 aliphatic rings. The molecule has 1 aromatic carbocycles. The van der Waals surface area contributed by atoms with Gasteiger partial charge in [-0.15, -0.1) is 21.5 Å². The SMILES string of the molecule is CC[C@H](NS(=O)(=O)c1ccc(-c2sc(-c3nnc(CC(C)(C)C(=O)OC)o3)nc2CC(C)(C)OC)c(Cl)c1Cl)C(F)(F)F. The Labute approximate surface area is 261 Å². The molecule has 0 radical (unpaired) electrons. The molecule has 0 aliphatic carbocycles. The number of esters is 1. The average Bonchev–Trinajstić information content (AvgIpc) is 3.53. The molecule has 0 saturated heterocycles. The lowest BCUT2D eigenvalue weighted by Crippen LogP contribution is -2.44. The van der Waals surface area contributed by atoms with Crippen molar-refractivity contribution in [2.75, 3.05) is 14.2 Å². The van der Waals surface area contributed by atoms with Gasteiger partial charge in [-0.2, -0.15) is 17.9 Å². The summed E-state index contributed by atoms with van der Waals surface area (Å²) in [5.41, 5.74) is -0.860. The number of nitrogens with one attached hydrogen (secondary N) is 1. The Hall–Kier alpha value is -2.30. The number of halogens is 5. The second-order valence-electron chi connectivity index (χ2n) is 10.9. The Balaban J connectivity index is 2.08. The number of methoxy groups -OCH3 is 2. The number of carbonyl (C=O) groups is 1. The lowest BCUT2D eigenvalue weighted by Gasteiger charge is -2.22. The van der Waals surface area contributed by atoms with E-state index in [1.807, 2.05) is 13.8 Å². The largest absolute Gasteiger partial charge is 0.469 e. The molecular weight excluding hydrogens is 656 g/mol. The predicted molar refractivity (Wildman–Crippen MR) is 156 cm³/mol. The maximum absolute atomic E-state index is 13.3. The van der Waals surface area contributed by atoms with Gasteiger partial charge in [-0.05, 0) is 40.2 Å². The number of hydrogen-bond acceptors (Lipinski definition) is 10. The number of benzene rings is 1. The molecule has 0 amide bonds. The third kappa shape index (κ3) is 8.05. The summed E-state index contributed by atoms with van der Waals surface area (Å²) in [6.07, 6.45) is -4.95. The predicted octanol–water partition coefficient (Wildman–Crippen LogP) is 6.50. The first kappa shape index (κ1) is 35.2. The van der Waals surface area contributed by atoms with E-state index in [0.29, 0.717) is 15.6 Å². The minimum absolute atomic E-state index is 0.0618. The summed E-state index contributed by atoms with van der Waals surface area (Å²) in [5.74, 6) is -0.219. The van der Waals surface area contributed by atoms with Crippen LogP contribution in [-0.2, 0) is 37.1 Å². The van der Waals surface area contributed by atoms with Crippen molar-refractivity contribution in [1.29, 1.82) is 0 Å². The summed E-state index contributed by atoms with van der Waals surface area (Å²) in [6, 6.07) is 0.117. The van der Waals surface area contributed by atoms with E-state index in [0.717, 1.165) is 17.4 Å². The van der Waals surface area contributed by atoms with Crippen molar-refractivity contribution in [2.24, 2.45) is 5.41 Å². The number of rotatable bonds is 12. The van der Waals surface area contributed by atoms with Crippen LogP contribution < -0.4 is 4.72 Å². The van der Waals surface area contributed by atoms with Gasteiger partial charge in [0, 0.05) is 25.5 Å². The Morgan fingerprint density at radius 3 is 2.30 bits per heavy atom. The van der Waals surface area contributed by atoms with Gasteiger partial charge in [0.05, 0.1) is 38.7 Å². The van der Waals surface area contributed by atoms with Crippen molar-refractivity contribution in [1.82, 2.24) is 19.9 Å².